The highest BCUT2D eigenvalue weighted by molar-refractivity contribution is 7.89. The number of fused-ring (bicyclic) bond motifs is 1. The third-order valence-corrected chi connectivity index (χ3v) is 11.4. The van der Waals surface area contributed by atoms with Crippen molar-refractivity contribution >= 4 is 44.5 Å². The number of nitrogens with zero attached hydrogens (tertiary/aromatic N) is 3. The van der Waals surface area contributed by atoms with Gasteiger partial charge in [-0.05, 0) is 98.2 Å². The van der Waals surface area contributed by atoms with Crippen LogP contribution in [0.15, 0.2) is 71.8 Å². The number of aromatic amines is 1. The molecule has 258 valence electrons. The van der Waals surface area contributed by atoms with E-state index in [1.165, 1.54) is 37.2 Å². The largest absolute Gasteiger partial charge is 0.457 e. The number of nitrogen functional groups attached to an aromatic ring is 1. The molecule has 0 radical (unpaired) electrons. The Bertz CT molecular complexity index is 2010. The van der Waals surface area contributed by atoms with Crippen molar-refractivity contribution in [3.05, 3.63) is 83.6 Å². The molecule has 49 heavy (non-hydrogen) atoms. The van der Waals surface area contributed by atoms with E-state index in [1.54, 1.807) is 30.5 Å². The number of H-pyrrole nitrogens is 1. The fraction of sp³-hybridized carbons (Fsp3) is 0.361. The number of urea groups is 1. The van der Waals surface area contributed by atoms with Gasteiger partial charge in [0.05, 0.1) is 10.5 Å². The van der Waals surface area contributed by atoms with Crippen LogP contribution in [0, 0.1) is 18.8 Å². The number of imide groups is 1. The Morgan fingerprint density at radius 1 is 1.04 bits per heavy atom. The Kier molecular flexibility index (Phi) is 9.41. The predicted molar refractivity (Wildman–Crippen MR) is 187 cm³/mol. The van der Waals surface area contributed by atoms with E-state index in [9.17, 15) is 22.8 Å². The highest BCUT2D eigenvalue weighted by Gasteiger charge is 2.52. The first-order chi connectivity index (χ1) is 23.4. The van der Waals surface area contributed by atoms with E-state index >= 15 is 0 Å². The van der Waals surface area contributed by atoms with Crippen LogP contribution in [0.3, 0.4) is 0 Å². The number of benzene rings is 3. The SMILES string of the molecule is Cc1cccc2c(CC3C(=O)N(CC4CCCC(CN)C4)C(=O)N3S(=O)(=O)c3ccc(Oc4ccc(N)cc4)c(C(=O)N(C)C)c3)c[nH]c12. The first-order valence-electron chi connectivity index (χ1n) is 16.4. The van der Waals surface area contributed by atoms with Crippen LogP contribution in [-0.2, 0) is 21.2 Å². The van der Waals surface area contributed by atoms with Gasteiger partial charge in [0.2, 0.25) is 0 Å². The van der Waals surface area contributed by atoms with Crippen LogP contribution >= 0.6 is 0 Å². The van der Waals surface area contributed by atoms with Crippen molar-refractivity contribution in [3.8, 4) is 11.5 Å². The third kappa shape index (κ3) is 6.60. The van der Waals surface area contributed by atoms with Gasteiger partial charge in [0.15, 0.2) is 0 Å². The van der Waals surface area contributed by atoms with Gasteiger partial charge in [0.1, 0.15) is 17.5 Å². The lowest BCUT2D eigenvalue weighted by atomic mass is 9.81. The fourth-order valence-corrected chi connectivity index (χ4v) is 8.50. The highest BCUT2D eigenvalue weighted by atomic mass is 32.2. The number of aryl methyl sites for hydroxylation is 1. The number of anilines is 1. The summed E-state index contributed by atoms with van der Waals surface area (Å²) in [6.45, 7) is 2.59. The molecular weight excluding hydrogens is 644 g/mol. The Hall–Kier alpha value is -4.88. The quantitative estimate of drug-likeness (QED) is 0.156. The van der Waals surface area contributed by atoms with Crippen LogP contribution in [0.25, 0.3) is 10.9 Å². The van der Waals surface area contributed by atoms with E-state index in [-0.39, 0.29) is 35.1 Å². The second-order valence-corrected chi connectivity index (χ2v) is 15.0. The van der Waals surface area contributed by atoms with Crippen LogP contribution in [0.5, 0.6) is 11.5 Å². The van der Waals surface area contributed by atoms with Crippen molar-refractivity contribution in [2.24, 2.45) is 17.6 Å². The molecule has 13 heteroatoms. The van der Waals surface area contributed by atoms with E-state index in [0.29, 0.717) is 33.8 Å². The zero-order valence-electron chi connectivity index (χ0n) is 27.9. The standard InChI is InChI=1S/C36H42N6O6S/c1-22-6-4-9-29-25(20-39-33(22)29)17-31-35(44)41(21-24-8-5-7-23(16-24)19-37)36(45)42(31)49(46,47)28-14-15-32(30(18-28)34(43)40(2)3)48-27-12-10-26(38)11-13-27/h4,6,9-15,18,20,23-24,31,39H,5,7-8,16-17,19,21,37-38H2,1-3H3. The van der Waals surface area contributed by atoms with Crippen molar-refractivity contribution in [1.29, 1.82) is 0 Å². The van der Waals surface area contributed by atoms with Gasteiger partial charge in [0.25, 0.3) is 21.8 Å². The average molecular weight is 687 g/mol. The molecule has 1 aliphatic heterocycles. The Morgan fingerprint density at radius 3 is 2.49 bits per heavy atom. The van der Waals surface area contributed by atoms with Gasteiger partial charge in [-0.1, -0.05) is 24.6 Å². The average Bonchev–Trinajstić information content (AvgIpc) is 3.60. The van der Waals surface area contributed by atoms with Gasteiger partial charge in [-0.2, -0.15) is 0 Å². The summed E-state index contributed by atoms with van der Waals surface area (Å²) in [5, 5.41) is 0.845. The molecule has 4 aromatic rings. The number of ether oxygens (including phenoxy) is 1. The highest BCUT2D eigenvalue weighted by Crippen LogP contribution is 2.36. The second-order valence-electron chi connectivity index (χ2n) is 13.2. The molecule has 6 rings (SSSR count). The van der Waals surface area contributed by atoms with Gasteiger partial charge >= 0.3 is 6.03 Å². The van der Waals surface area contributed by atoms with E-state index in [2.05, 4.69) is 4.98 Å². The molecule has 2 fully saturated rings. The summed E-state index contributed by atoms with van der Waals surface area (Å²) in [4.78, 5) is 47.0. The number of aromatic nitrogens is 1. The summed E-state index contributed by atoms with van der Waals surface area (Å²) < 4.78 is 35.8. The lowest BCUT2D eigenvalue weighted by Crippen LogP contribution is -2.42. The lowest BCUT2D eigenvalue weighted by Gasteiger charge is -2.30. The smallest absolute Gasteiger partial charge is 0.341 e. The first-order valence-corrected chi connectivity index (χ1v) is 17.9. The zero-order valence-corrected chi connectivity index (χ0v) is 28.7. The molecule has 1 saturated carbocycles. The summed E-state index contributed by atoms with van der Waals surface area (Å²) in [5.74, 6) is -0.266. The van der Waals surface area contributed by atoms with Gasteiger partial charge in [-0.3, -0.25) is 14.5 Å². The molecule has 0 spiro atoms. The van der Waals surface area contributed by atoms with Crippen LogP contribution in [0.1, 0.15) is 47.2 Å². The van der Waals surface area contributed by atoms with Crippen molar-refractivity contribution in [1.82, 2.24) is 19.1 Å². The molecule has 3 aromatic carbocycles. The minimum absolute atomic E-state index is 0.0170. The number of nitrogens with one attached hydrogen (secondary N) is 1. The maximum Gasteiger partial charge on any atom is 0.341 e. The molecule has 2 heterocycles. The van der Waals surface area contributed by atoms with E-state index in [4.69, 9.17) is 16.2 Å². The Balaban J connectivity index is 1.40. The Morgan fingerprint density at radius 2 is 1.78 bits per heavy atom. The van der Waals surface area contributed by atoms with Crippen LogP contribution in [-0.4, -0.2) is 78.6 Å². The number of amides is 4. The van der Waals surface area contributed by atoms with E-state index in [1.807, 2.05) is 25.1 Å². The lowest BCUT2D eigenvalue weighted by molar-refractivity contribution is -0.128. The molecule has 2 aliphatic rings. The molecule has 4 amide bonds. The fourth-order valence-electron chi connectivity index (χ4n) is 6.96. The van der Waals surface area contributed by atoms with E-state index < -0.39 is 33.9 Å². The summed E-state index contributed by atoms with van der Waals surface area (Å²) in [6.07, 6.45) is 5.23. The molecule has 5 N–H and O–H groups in total. The van der Waals surface area contributed by atoms with Crippen molar-refractivity contribution in [2.75, 3.05) is 32.9 Å². The number of nitrogens with two attached hydrogens (primary N) is 2. The molecule has 1 aromatic heterocycles. The molecule has 3 unspecified atom stereocenters. The third-order valence-electron chi connectivity index (χ3n) is 9.59. The number of carbonyl (C=O) groups is 3. The monoisotopic (exact) mass is 686 g/mol. The van der Waals surface area contributed by atoms with Crippen molar-refractivity contribution < 1.29 is 27.5 Å². The number of rotatable bonds is 10. The summed E-state index contributed by atoms with van der Waals surface area (Å²) >= 11 is 0. The van der Waals surface area contributed by atoms with Crippen molar-refractivity contribution in [3.63, 3.8) is 0 Å². The van der Waals surface area contributed by atoms with Crippen LogP contribution in [0.4, 0.5) is 10.5 Å². The Labute approximate surface area is 286 Å². The molecule has 0 bridgehead atoms. The second kappa shape index (κ2) is 13.6. The zero-order chi connectivity index (χ0) is 35.0. The number of sulfonamides is 1. The van der Waals surface area contributed by atoms with Crippen molar-refractivity contribution in [2.45, 2.75) is 50.0 Å². The first kappa shape index (κ1) is 34.0. The molecule has 12 nitrogen and oxygen atoms in total. The number of hydrogen-bond donors (Lipinski definition) is 3. The molecule has 1 saturated heterocycles. The van der Waals surface area contributed by atoms with Crippen LogP contribution in [0.2, 0.25) is 0 Å². The topological polar surface area (TPSA) is 172 Å². The van der Waals surface area contributed by atoms with Crippen LogP contribution < -0.4 is 16.2 Å². The van der Waals surface area contributed by atoms with E-state index in [0.717, 1.165) is 47.0 Å². The minimum atomic E-state index is -4.65. The number of hydrogen-bond acceptors (Lipinski definition) is 8. The number of carbonyl (C=O) groups excluding carboxylic acids is 3. The maximum absolute atomic E-state index is 14.6. The molecule has 1 aliphatic carbocycles. The number of para-hydroxylation sites is 1. The van der Waals surface area contributed by atoms with Gasteiger partial charge in [0, 0.05) is 49.8 Å². The summed E-state index contributed by atoms with van der Waals surface area (Å²) in [6, 6.07) is 13.9. The molecule has 3 atom stereocenters. The van der Waals surface area contributed by atoms with Gasteiger partial charge in [-0.25, -0.2) is 17.5 Å². The van der Waals surface area contributed by atoms with Gasteiger partial charge in [-0.15, -0.1) is 0 Å². The predicted octanol–water partition coefficient (Wildman–Crippen LogP) is 4.88. The summed E-state index contributed by atoms with van der Waals surface area (Å²) in [7, 11) is -1.58. The minimum Gasteiger partial charge on any atom is -0.457 e. The maximum atomic E-state index is 14.6. The van der Waals surface area contributed by atoms with Gasteiger partial charge < -0.3 is 26.1 Å². The summed E-state index contributed by atoms with van der Waals surface area (Å²) in [5.41, 5.74) is 14.8. The molecular formula is C36H42N6O6S. The normalized spacial score (nSPS) is 19.9.